The monoisotopic (exact) mass is 415 g/mol. The van der Waals surface area contributed by atoms with Crippen LogP contribution in [0.3, 0.4) is 0 Å². The van der Waals surface area contributed by atoms with Crippen LogP contribution in [0.2, 0.25) is 5.28 Å². The lowest BCUT2D eigenvalue weighted by Crippen LogP contribution is -2.38. The van der Waals surface area contributed by atoms with Crippen LogP contribution in [0.25, 0.3) is 22.1 Å². The van der Waals surface area contributed by atoms with Crippen LogP contribution in [-0.4, -0.2) is 24.6 Å². The molecule has 4 rings (SSSR count). The third-order valence-corrected chi connectivity index (χ3v) is 5.14. The number of aromatic nitrogens is 4. The number of aryl methyl sites for hydroxylation is 1. The van der Waals surface area contributed by atoms with E-state index in [1.54, 1.807) is 6.92 Å². The third-order valence-electron chi connectivity index (χ3n) is 4.85. The first-order valence-electron chi connectivity index (χ1n) is 8.87. The van der Waals surface area contributed by atoms with Gasteiger partial charge in [-0.3, -0.25) is 23.3 Å². The van der Waals surface area contributed by atoms with Gasteiger partial charge in [-0.1, -0.05) is 18.2 Å². The normalized spacial score (nSPS) is 12.6. The van der Waals surface area contributed by atoms with Crippen LogP contribution in [0.15, 0.2) is 44.3 Å². The van der Waals surface area contributed by atoms with E-state index in [0.717, 1.165) is 15.5 Å². The molecule has 4 aromatic rings. The minimum absolute atomic E-state index is 0.0511. The van der Waals surface area contributed by atoms with E-state index < -0.39 is 17.3 Å². The zero-order chi connectivity index (χ0) is 20.9. The van der Waals surface area contributed by atoms with Gasteiger partial charge in [0.15, 0.2) is 11.2 Å². The van der Waals surface area contributed by atoms with Gasteiger partial charge in [-0.05, 0) is 30.7 Å². The summed E-state index contributed by atoms with van der Waals surface area (Å²) in [5.74, 6) is 0.231. The molecule has 1 amide bonds. The molecule has 0 spiro atoms. The Morgan fingerprint density at radius 3 is 2.69 bits per heavy atom. The van der Waals surface area contributed by atoms with Crippen LogP contribution in [0.5, 0.6) is 0 Å². The second-order valence-corrected chi connectivity index (χ2v) is 7.16. The molecule has 3 heterocycles. The zero-order valence-electron chi connectivity index (χ0n) is 16.0. The Hall–Kier alpha value is -3.33. The maximum absolute atomic E-state index is 12.6. The number of hydrogen-bond acceptors (Lipinski definition) is 5. The second-order valence-electron chi connectivity index (χ2n) is 6.82. The maximum atomic E-state index is 12.6. The van der Waals surface area contributed by atoms with Crippen LogP contribution in [0.1, 0.15) is 18.7 Å². The van der Waals surface area contributed by atoms with Gasteiger partial charge in [0.2, 0.25) is 11.2 Å². The van der Waals surface area contributed by atoms with Gasteiger partial charge in [-0.2, -0.15) is 4.98 Å². The molecule has 0 fully saturated rings. The fourth-order valence-electron chi connectivity index (χ4n) is 3.28. The number of para-hydroxylation sites is 1. The lowest BCUT2D eigenvalue weighted by atomic mass is 10.2. The van der Waals surface area contributed by atoms with Crippen molar-refractivity contribution in [3.8, 4) is 0 Å². The van der Waals surface area contributed by atoms with E-state index in [9.17, 15) is 14.4 Å². The highest BCUT2D eigenvalue weighted by atomic mass is 35.5. The molecule has 0 unspecified atom stereocenters. The molecule has 10 heteroatoms. The number of rotatable bonds is 4. The summed E-state index contributed by atoms with van der Waals surface area (Å²) in [5.41, 5.74) is -0.142. The average Bonchev–Trinajstić information content (AvgIpc) is 3.26. The standard InChI is InChI=1S/C19H18ClN5O4/c1-10(13-8-11-6-4-5-7-12(11)29-13)21-14(26)9-25-15-16(22-18(25)20)23(2)19(28)24(3)17(15)27/h4-8,10H,9H2,1-3H3,(H,21,26)/t10-/m1/s1. The lowest BCUT2D eigenvalue weighted by molar-refractivity contribution is -0.122. The van der Waals surface area contributed by atoms with Crippen LogP contribution < -0.4 is 16.6 Å². The lowest BCUT2D eigenvalue weighted by Gasteiger charge is -2.12. The molecule has 150 valence electrons. The zero-order valence-corrected chi connectivity index (χ0v) is 16.7. The molecule has 0 aliphatic rings. The summed E-state index contributed by atoms with van der Waals surface area (Å²) in [6.07, 6.45) is 0. The van der Waals surface area contributed by atoms with E-state index in [1.807, 2.05) is 30.3 Å². The molecule has 9 nitrogen and oxygen atoms in total. The van der Waals surface area contributed by atoms with Gasteiger partial charge >= 0.3 is 5.69 Å². The largest absolute Gasteiger partial charge is 0.459 e. The molecule has 1 aromatic carbocycles. The van der Waals surface area contributed by atoms with Crippen LogP contribution >= 0.6 is 11.6 Å². The highest BCUT2D eigenvalue weighted by Gasteiger charge is 2.21. The molecule has 29 heavy (non-hydrogen) atoms. The van der Waals surface area contributed by atoms with Gasteiger partial charge in [0.05, 0.1) is 6.04 Å². The average molecular weight is 416 g/mol. The number of carbonyl (C=O) groups is 1. The topological polar surface area (TPSA) is 104 Å². The van der Waals surface area contributed by atoms with Crippen LogP contribution in [-0.2, 0) is 25.4 Å². The van der Waals surface area contributed by atoms with Crippen LogP contribution in [0.4, 0.5) is 0 Å². The van der Waals surface area contributed by atoms with E-state index in [2.05, 4.69) is 10.3 Å². The molecule has 0 saturated heterocycles. The summed E-state index contributed by atoms with van der Waals surface area (Å²) >= 11 is 6.16. The molecule has 1 atom stereocenters. The first-order chi connectivity index (χ1) is 13.8. The summed E-state index contributed by atoms with van der Waals surface area (Å²) in [5, 5.41) is 3.72. The first kappa shape index (κ1) is 19.0. The Bertz CT molecular complexity index is 1340. The quantitative estimate of drug-likeness (QED) is 0.511. The van der Waals surface area contributed by atoms with E-state index in [4.69, 9.17) is 16.0 Å². The fourth-order valence-corrected chi connectivity index (χ4v) is 3.51. The predicted octanol–water partition coefficient (Wildman–Crippen LogP) is 1.71. The highest BCUT2D eigenvalue weighted by molar-refractivity contribution is 6.29. The third kappa shape index (κ3) is 3.13. The van der Waals surface area contributed by atoms with Crippen molar-refractivity contribution in [3.63, 3.8) is 0 Å². The summed E-state index contributed by atoms with van der Waals surface area (Å²) in [4.78, 5) is 41.3. The number of imidazole rings is 1. The van der Waals surface area contributed by atoms with E-state index in [-0.39, 0.29) is 28.9 Å². The Balaban J connectivity index is 1.63. The molecule has 0 aliphatic heterocycles. The van der Waals surface area contributed by atoms with E-state index in [1.165, 1.54) is 23.2 Å². The molecule has 1 N–H and O–H groups in total. The van der Waals surface area contributed by atoms with Crippen molar-refractivity contribution in [2.24, 2.45) is 14.1 Å². The summed E-state index contributed by atoms with van der Waals surface area (Å²) < 4.78 is 9.23. The van der Waals surface area contributed by atoms with Crippen molar-refractivity contribution >= 4 is 39.6 Å². The maximum Gasteiger partial charge on any atom is 0.332 e. The van der Waals surface area contributed by atoms with E-state index in [0.29, 0.717) is 5.76 Å². The minimum Gasteiger partial charge on any atom is -0.459 e. The Kier molecular flexibility index (Phi) is 4.54. The van der Waals surface area contributed by atoms with Crippen molar-refractivity contribution in [2.45, 2.75) is 19.5 Å². The van der Waals surface area contributed by atoms with Gasteiger partial charge in [0.1, 0.15) is 17.9 Å². The molecular formula is C19H18ClN5O4. The van der Waals surface area contributed by atoms with Gasteiger partial charge in [-0.15, -0.1) is 0 Å². The van der Waals surface area contributed by atoms with Crippen molar-refractivity contribution in [2.75, 3.05) is 0 Å². The van der Waals surface area contributed by atoms with Gasteiger partial charge in [-0.25, -0.2) is 4.79 Å². The number of amides is 1. The number of hydrogen-bond donors (Lipinski definition) is 1. The highest BCUT2D eigenvalue weighted by Crippen LogP contribution is 2.23. The Morgan fingerprint density at radius 2 is 1.97 bits per heavy atom. The van der Waals surface area contributed by atoms with Crippen molar-refractivity contribution in [3.05, 3.63) is 62.2 Å². The smallest absolute Gasteiger partial charge is 0.332 e. The predicted molar refractivity (Wildman–Crippen MR) is 108 cm³/mol. The number of nitrogens with one attached hydrogen (secondary N) is 1. The number of fused-ring (bicyclic) bond motifs is 2. The molecule has 0 aliphatic carbocycles. The summed E-state index contributed by atoms with van der Waals surface area (Å²) in [7, 11) is 2.85. The van der Waals surface area contributed by atoms with Crippen molar-refractivity contribution in [1.29, 1.82) is 0 Å². The Morgan fingerprint density at radius 1 is 1.24 bits per heavy atom. The number of carbonyl (C=O) groups excluding carboxylic acids is 1. The SMILES string of the molecule is C[C@@H](NC(=O)Cn1c(Cl)nc2c1c(=O)n(C)c(=O)n2C)c1cc2ccccc2o1. The summed E-state index contributed by atoms with van der Waals surface area (Å²) in [6.45, 7) is 1.57. The number of benzene rings is 1. The molecule has 3 aromatic heterocycles. The second kappa shape index (κ2) is 6.93. The van der Waals surface area contributed by atoms with E-state index >= 15 is 0 Å². The van der Waals surface area contributed by atoms with Crippen LogP contribution in [0, 0.1) is 0 Å². The molecule has 0 saturated carbocycles. The number of halogens is 1. The number of nitrogens with zero attached hydrogens (tertiary/aromatic N) is 4. The molecule has 0 radical (unpaired) electrons. The minimum atomic E-state index is -0.569. The number of furan rings is 1. The summed E-state index contributed by atoms with van der Waals surface area (Å²) in [6, 6.07) is 9.03. The van der Waals surface area contributed by atoms with Crippen molar-refractivity contribution in [1.82, 2.24) is 24.0 Å². The van der Waals surface area contributed by atoms with Crippen molar-refractivity contribution < 1.29 is 9.21 Å². The van der Waals surface area contributed by atoms with Gasteiger partial charge in [0, 0.05) is 19.5 Å². The van der Waals surface area contributed by atoms with Gasteiger partial charge < -0.3 is 9.73 Å². The Labute approximate surface area is 169 Å². The van der Waals surface area contributed by atoms with Gasteiger partial charge in [0.25, 0.3) is 5.56 Å². The fraction of sp³-hybridized carbons (Fsp3) is 0.263. The molecule has 0 bridgehead atoms. The first-order valence-corrected chi connectivity index (χ1v) is 9.25. The molecular weight excluding hydrogens is 398 g/mol.